The number of nitrogens with zero attached hydrogens (tertiary/aromatic N) is 3. The zero-order valence-corrected chi connectivity index (χ0v) is 12.1. The van der Waals surface area contributed by atoms with E-state index < -0.39 is 6.09 Å². The number of piperidine rings is 1. The maximum atomic E-state index is 11.0. The first kappa shape index (κ1) is 13.2. The molecule has 3 unspecified atom stereocenters. The molecule has 3 heterocycles. The summed E-state index contributed by atoms with van der Waals surface area (Å²) in [4.78, 5) is 17.7. The molecule has 1 aliphatic carbocycles. The number of aryl methyl sites for hydroxylation is 1. The Hall–Kier alpha value is -2.51. The Morgan fingerprint density at radius 2 is 2.36 bits per heavy atom. The number of nitrogens with two attached hydrogens (primary N) is 1. The first-order chi connectivity index (χ1) is 10.5. The smallest absolute Gasteiger partial charge is 0.404 e. The first-order valence-electron chi connectivity index (χ1n) is 7.33. The Morgan fingerprint density at radius 1 is 1.55 bits per heavy atom. The van der Waals surface area contributed by atoms with E-state index in [1.807, 2.05) is 13.0 Å². The van der Waals surface area contributed by atoms with Crippen LogP contribution in [0.1, 0.15) is 18.5 Å². The molecule has 1 saturated carbocycles. The van der Waals surface area contributed by atoms with Gasteiger partial charge in [0.05, 0.1) is 17.5 Å². The minimum atomic E-state index is -0.977. The fourth-order valence-corrected chi connectivity index (χ4v) is 3.86. The van der Waals surface area contributed by atoms with E-state index in [0.29, 0.717) is 23.1 Å². The third-order valence-electron chi connectivity index (χ3n) is 4.74. The van der Waals surface area contributed by atoms with E-state index in [2.05, 4.69) is 20.4 Å². The second-order valence-corrected chi connectivity index (χ2v) is 6.06. The van der Waals surface area contributed by atoms with E-state index in [1.165, 1.54) is 0 Å². The molecule has 0 aromatic carbocycles. The van der Waals surface area contributed by atoms with Crippen molar-refractivity contribution in [1.82, 2.24) is 15.5 Å². The van der Waals surface area contributed by atoms with Crippen molar-refractivity contribution in [2.24, 2.45) is 5.92 Å². The Balaban J connectivity index is 1.76. The highest BCUT2D eigenvalue weighted by molar-refractivity contribution is 5.94. The molecule has 0 spiro atoms. The van der Waals surface area contributed by atoms with Gasteiger partial charge in [-0.05, 0) is 31.7 Å². The molecule has 8 heteroatoms. The summed E-state index contributed by atoms with van der Waals surface area (Å²) < 4.78 is 5.36. The van der Waals surface area contributed by atoms with E-state index in [4.69, 9.17) is 15.4 Å². The van der Waals surface area contributed by atoms with E-state index in [9.17, 15) is 4.79 Å². The highest BCUT2D eigenvalue weighted by Crippen LogP contribution is 2.42. The van der Waals surface area contributed by atoms with Gasteiger partial charge >= 0.3 is 6.09 Å². The molecular weight excluding hydrogens is 286 g/mol. The monoisotopic (exact) mass is 303 g/mol. The van der Waals surface area contributed by atoms with Crippen LogP contribution in [0.4, 0.5) is 16.4 Å². The maximum absolute atomic E-state index is 11.0. The van der Waals surface area contributed by atoms with Gasteiger partial charge in [0, 0.05) is 12.2 Å². The lowest BCUT2D eigenvalue weighted by atomic mass is 10.1. The van der Waals surface area contributed by atoms with Gasteiger partial charge in [-0.2, -0.15) is 0 Å². The van der Waals surface area contributed by atoms with Crippen LogP contribution in [0.3, 0.4) is 0 Å². The van der Waals surface area contributed by atoms with Gasteiger partial charge in [0.1, 0.15) is 0 Å². The molecule has 3 atom stereocenters. The van der Waals surface area contributed by atoms with Crippen molar-refractivity contribution in [2.75, 3.05) is 17.2 Å². The van der Waals surface area contributed by atoms with Crippen LogP contribution < -0.4 is 16.0 Å². The largest absolute Gasteiger partial charge is 0.465 e. The quantitative estimate of drug-likeness (QED) is 0.766. The van der Waals surface area contributed by atoms with Crippen LogP contribution in [0, 0.1) is 12.8 Å². The van der Waals surface area contributed by atoms with E-state index >= 15 is 0 Å². The van der Waals surface area contributed by atoms with Crippen LogP contribution in [0.15, 0.2) is 10.6 Å². The van der Waals surface area contributed by atoms with E-state index in [-0.39, 0.29) is 12.1 Å². The molecule has 8 nitrogen and oxygen atoms in total. The van der Waals surface area contributed by atoms with Crippen LogP contribution in [0.25, 0.3) is 11.0 Å². The van der Waals surface area contributed by atoms with Gasteiger partial charge in [-0.25, -0.2) is 9.78 Å². The number of rotatable bonds is 2. The van der Waals surface area contributed by atoms with Gasteiger partial charge < -0.3 is 25.6 Å². The molecule has 1 aliphatic heterocycles. The molecule has 2 bridgehead atoms. The number of carboxylic acid groups (broad SMARTS) is 1. The average Bonchev–Trinajstić information content (AvgIpc) is 3.12. The van der Waals surface area contributed by atoms with Gasteiger partial charge in [0.2, 0.25) is 5.58 Å². The molecule has 2 aromatic heterocycles. The molecule has 1 amide bonds. The SMILES string of the molecule is Cc1cc2c(N)noc2c(N2CC3CCC2C3NC(=O)O)n1. The van der Waals surface area contributed by atoms with Crippen molar-refractivity contribution >= 4 is 28.7 Å². The van der Waals surface area contributed by atoms with Crippen molar-refractivity contribution < 1.29 is 14.4 Å². The summed E-state index contributed by atoms with van der Waals surface area (Å²) in [5.74, 6) is 1.37. The second kappa shape index (κ2) is 4.49. The van der Waals surface area contributed by atoms with Gasteiger partial charge in [-0.3, -0.25) is 0 Å². The summed E-state index contributed by atoms with van der Waals surface area (Å²) in [5, 5.41) is 16.3. The number of pyridine rings is 1. The predicted molar refractivity (Wildman–Crippen MR) is 79.8 cm³/mol. The summed E-state index contributed by atoms with van der Waals surface area (Å²) >= 11 is 0. The predicted octanol–water partition coefficient (Wildman–Crippen LogP) is 1.35. The van der Waals surface area contributed by atoms with E-state index in [0.717, 1.165) is 30.5 Å². The van der Waals surface area contributed by atoms with Crippen molar-refractivity contribution in [1.29, 1.82) is 0 Å². The number of fused-ring (bicyclic) bond motifs is 3. The number of nitrogens with one attached hydrogen (secondary N) is 1. The number of hydrogen-bond acceptors (Lipinski definition) is 6. The minimum absolute atomic E-state index is 0.0601. The second-order valence-electron chi connectivity index (χ2n) is 6.06. The normalized spacial score (nSPS) is 26.8. The van der Waals surface area contributed by atoms with E-state index in [1.54, 1.807) is 0 Å². The summed E-state index contributed by atoms with van der Waals surface area (Å²) in [6.07, 6.45) is 0.991. The number of aromatic nitrogens is 2. The lowest BCUT2D eigenvalue weighted by Gasteiger charge is -2.28. The lowest BCUT2D eigenvalue weighted by Crippen LogP contribution is -2.43. The highest BCUT2D eigenvalue weighted by Gasteiger charge is 2.48. The minimum Gasteiger partial charge on any atom is -0.465 e. The third kappa shape index (κ3) is 1.79. The van der Waals surface area contributed by atoms with Gasteiger partial charge in [-0.1, -0.05) is 5.16 Å². The van der Waals surface area contributed by atoms with Crippen molar-refractivity contribution in [3.8, 4) is 0 Å². The van der Waals surface area contributed by atoms with Crippen molar-refractivity contribution in [2.45, 2.75) is 31.8 Å². The van der Waals surface area contributed by atoms with Crippen molar-refractivity contribution in [3.63, 3.8) is 0 Å². The standard InChI is InChI=1S/C14H17N5O3/c1-6-4-8-11(22-18-12(8)15)13(16-6)19-5-7-2-3-9(19)10(7)17-14(20)21/h4,7,9-10,17H,2-3,5H2,1H3,(H2,15,18)(H,20,21). The van der Waals surface area contributed by atoms with Crippen LogP contribution in [0.2, 0.25) is 0 Å². The molecule has 116 valence electrons. The Morgan fingerprint density at radius 3 is 3.14 bits per heavy atom. The molecule has 4 rings (SSSR count). The van der Waals surface area contributed by atoms with Crippen LogP contribution in [-0.4, -0.2) is 40.0 Å². The topological polar surface area (TPSA) is 118 Å². The van der Waals surface area contributed by atoms with Gasteiger partial charge in [0.15, 0.2) is 11.6 Å². The fourth-order valence-electron chi connectivity index (χ4n) is 3.86. The molecular formula is C14H17N5O3. The molecule has 2 fully saturated rings. The summed E-state index contributed by atoms with van der Waals surface area (Å²) in [5.41, 5.74) is 7.25. The fraction of sp³-hybridized carbons (Fsp3) is 0.500. The Labute approximate surface area is 126 Å². The number of carbonyl (C=O) groups is 1. The lowest BCUT2D eigenvalue weighted by molar-refractivity contribution is 0.188. The average molecular weight is 303 g/mol. The molecule has 2 aromatic rings. The number of amides is 1. The molecule has 2 aliphatic rings. The highest BCUT2D eigenvalue weighted by atomic mass is 16.5. The summed E-state index contributed by atoms with van der Waals surface area (Å²) in [6, 6.07) is 1.89. The molecule has 4 N–H and O–H groups in total. The molecule has 0 radical (unpaired) electrons. The number of anilines is 2. The van der Waals surface area contributed by atoms with Crippen LogP contribution >= 0.6 is 0 Å². The van der Waals surface area contributed by atoms with Gasteiger partial charge in [0.25, 0.3) is 0 Å². The molecule has 22 heavy (non-hydrogen) atoms. The summed E-state index contributed by atoms with van der Waals surface area (Å²) in [6.45, 7) is 2.67. The first-order valence-corrected chi connectivity index (χ1v) is 7.33. The Kier molecular flexibility index (Phi) is 2.69. The Bertz CT molecular complexity index is 758. The maximum Gasteiger partial charge on any atom is 0.404 e. The molecule has 1 saturated heterocycles. The zero-order chi connectivity index (χ0) is 15.4. The van der Waals surface area contributed by atoms with Crippen molar-refractivity contribution in [3.05, 3.63) is 11.8 Å². The van der Waals surface area contributed by atoms with Crippen LogP contribution in [0.5, 0.6) is 0 Å². The zero-order valence-electron chi connectivity index (χ0n) is 12.1. The number of hydrogen-bond donors (Lipinski definition) is 3. The third-order valence-corrected chi connectivity index (χ3v) is 4.74. The van der Waals surface area contributed by atoms with Gasteiger partial charge in [-0.15, -0.1) is 0 Å². The number of nitrogen functional groups attached to an aromatic ring is 1. The van der Waals surface area contributed by atoms with Crippen LogP contribution in [-0.2, 0) is 0 Å². The summed E-state index contributed by atoms with van der Waals surface area (Å²) in [7, 11) is 0.